The fourth-order valence-electron chi connectivity index (χ4n) is 2.87. The van der Waals surface area contributed by atoms with Crippen LogP contribution in [0.15, 0.2) is 48.2 Å². The van der Waals surface area contributed by atoms with Crippen LogP contribution in [0.3, 0.4) is 0 Å². The number of benzene rings is 1. The summed E-state index contributed by atoms with van der Waals surface area (Å²) in [5.74, 6) is 1.03. The number of nitrogens with one attached hydrogen (secondary N) is 2. The standard InChI is InChI=1S/C19H21F3N4/c20-19(21,22)15-6-8-16(9-7-15)25-18-24-13-11-17(26-18)23-12-10-14-4-2-1-3-5-14/h4,6-9,11,13H,1-3,5,10,12H2,(H2,23,24,25,26). The molecule has 0 aliphatic heterocycles. The van der Waals surface area contributed by atoms with Crippen molar-refractivity contribution in [2.24, 2.45) is 0 Å². The van der Waals surface area contributed by atoms with Crippen LogP contribution >= 0.6 is 0 Å². The summed E-state index contributed by atoms with van der Waals surface area (Å²) in [6.07, 6.45) is 5.47. The van der Waals surface area contributed by atoms with E-state index in [9.17, 15) is 13.2 Å². The zero-order chi connectivity index (χ0) is 18.4. The first-order valence-corrected chi connectivity index (χ1v) is 8.70. The number of anilines is 3. The molecule has 0 atom stereocenters. The lowest BCUT2D eigenvalue weighted by Crippen LogP contribution is -2.07. The first-order valence-electron chi connectivity index (χ1n) is 8.70. The van der Waals surface area contributed by atoms with Crippen LogP contribution in [0.1, 0.15) is 37.7 Å². The smallest absolute Gasteiger partial charge is 0.370 e. The van der Waals surface area contributed by atoms with Gasteiger partial charge in [0.15, 0.2) is 0 Å². The Balaban J connectivity index is 1.56. The fourth-order valence-corrected chi connectivity index (χ4v) is 2.87. The highest BCUT2D eigenvalue weighted by molar-refractivity contribution is 5.55. The van der Waals surface area contributed by atoms with E-state index in [4.69, 9.17) is 0 Å². The van der Waals surface area contributed by atoms with Gasteiger partial charge in [0.05, 0.1) is 5.56 Å². The number of rotatable bonds is 6. The van der Waals surface area contributed by atoms with Crippen molar-refractivity contribution in [2.45, 2.75) is 38.3 Å². The molecule has 2 N–H and O–H groups in total. The van der Waals surface area contributed by atoms with Crippen molar-refractivity contribution in [3.63, 3.8) is 0 Å². The first kappa shape index (κ1) is 18.2. The van der Waals surface area contributed by atoms with Gasteiger partial charge in [-0.25, -0.2) is 4.98 Å². The molecule has 0 spiro atoms. The molecule has 0 amide bonds. The van der Waals surface area contributed by atoms with E-state index in [1.54, 1.807) is 12.3 Å². The molecule has 138 valence electrons. The number of allylic oxidation sites excluding steroid dienone is 1. The highest BCUT2D eigenvalue weighted by atomic mass is 19.4. The lowest BCUT2D eigenvalue weighted by Gasteiger charge is -2.13. The van der Waals surface area contributed by atoms with Crippen LogP contribution in [0.25, 0.3) is 0 Å². The second-order valence-electron chi connectivity index (χ2n) is 6.25. The summed E-state index contributed by atoms with van der Waals surface area (Å²) in [6, 6.07) is 6.56. The Morgan fingerprint density at radius 2 is 1.85 bits per heavy atom. The topological polar surface area (TPSA) is 49.8 Å². The lowest BCUT2D eigenvalue weighted by molar-refractivity contribution is -0.137. The summed E-state index contributed by atoms with van der Waals surface area (Å²) in [5, 5.41) is 6.19. The number of nitrogens with zero attached hydrogens (tertiary/aromatic N) is 2. The summed E-state index contributed by atoms with van der Waals surface area (Å²) in [7, 11) is 0. The van der Waals surface area contributed by atoms with Crippen LogP contribution < -0.4 is 10.6 Å². The van der Waals surface area contributed by atoms with Crippen LogP contribution in [0.4, 0.5) is 30.6 Å². The van der Waals surface area contributed by atoms with E-state index >= 15 is 0 Å². The highest BCUT2D eigenvalue weighted by Crippen LogP contribution is 2.30. The van der Waals surface area contributed by atoms with Crippen LogP contribution in [0, 0.1) is 0 Å². The minimum absolute atomic E-state index is 0.339. The van der Waals surface area contributed by atoms with E-state index in [-0.39, 0.29) is 0 Å². The van der Waals surface area contributed by atoms with Gasteiger partial charge in [-0.15, -0.1) is 0 Å². The number of halogens is 3. The predicted octanol–water partition coefficient (Wildman–Crippen LogP) is 5.54. The van der Waals surface area contributed by atoms with Gasteiger partial charge in [0.1, 0.15) is 5.82 Å². The average Bonchev–Trinajstić information content (AvgIpc) is 2.63. The van der Waals surface area contributed by atoms with Crippen molar-refractivity contribution in [1.82, 2.24) is 9.97 Å². The summed E-state index contributed by atoms with van der Waals surface area (Å²) in [4.78, 5) is 8.45. The molecular weight excluding hydrogens is 341 g/mol. The van der Waals surface area contributed by atoms with E-state index in [0.29, 0.717) is 17.5 Å². The molecule has 4 nitrogen and oxygen atoms in total. The average molecular weight is 362 g/mol. The van der Waals surface area contributed by atoms with Crippen molar-refractivity contribution in [2.75, 3.05) is 17.2 Å². The molecule has 0 fully saturated rings. The normalized spacial score (nSPS) is 14.7. The molecule has 1 aromatic heterocycles. The number of aromatic nitrogens is 2. The second kappa shape index (κ2) is 8.21. The monoisotopic (exact) mass is 362 g/mol. The molecule has 1 heterocycles. The SMILES string of the molecule is FC(F)(F)c1ccc(Nc2nccc(NCCC3=CCCCC3)n2)cc1. The third-order valence-corrected chi connectivity index (χ3v) is 4.26. The number of alkyl halides is 3. The number of hydrogen-bond acceptors (Lipinski definition) is 4. The van der Waals surface area contributed by atoms with Gasteiger partial charge in [0.25, 0.3) is 0 Å². The zero-order valence-corrected chi connectivity index (χ0v) is 14.3. The fraction of sp³-hybridized carbons (Fsp3) is 0.368. The van der Waals surface area contributed by atoms with Crippen molar-refractivity contribution in [3.8, 4) is 0 Å². The van der Waals surface area contributed by atoms with E-state index in [1.165, 1.54) is 43.4 Å². The van der Waals surface area contributed by atoms with Crippen molar-refractivity contribution in [1.29, 1.82) is 0 Å². The van der Waals surface area contributed by atoms with Crippen molar-refractivity contribution in [3.05, 3.63) is 53.7 Å². The van der Waals surface area contributed by atoms with E-state index in [1.807, 2.05) is 0 Å². The van der Waals surface area contributed by atoms with E-state index in [0.717, 1.165) is 25.1 Å². The molecule has 1 aliphatic rings. The van der Waals surface area contributed by atoms with Gasteiger partial charge >= 0.3 is 6.18 Å². The maximum atomic E-state index is 12.6. The van der Waals surface area contributed by atoms with E-state index in [2.05, 4.69) is 26.7 Å². The molecule has 1 aliphatic carbocycles. The molecular formula is C19H21F3N4. The van der Waals surface area contributed by atoms with Gasteiger partial charge in [-0.05, 0) is 62.4 Å². The summed E-state index contributed by atoms with van der Waals surface area (Å²) >= 11 is 0. The number of hydrogen-bond donors (Lipinski definition) is 2. The summed E-state index contributed by atoms with van der Waals surface area (Å²) in [5.41, 5.74) is 1.31. The summed E-state index contributed by atoms with van der Waals surface area (Å²) < 4.78 is 37.8. The molecule has 1 aromatic carbocycles. The Labute approximate surface area is 150 Å². The van der Waals surface area contributed by atoms with Gasteiger partial charge in [0.2, 0.25) is 5.95 Å². The van der Waals surface area contributed by atoms with Crippen LogP contribution in [-0.2, 0) is 6.18 Å². The molecule has 3 rings (SSSR count). The zero-order valence-electron chi connectivity index (χ0n) is 14.3. The lowest BCUT2D eigenvalue weighted by atomic mass is 9.97. The molecule has 0 radical (unpaired) electrons. The maximum absolute atomic E-state index is 12.6. The Hall–Kier alpha value is -2.57. The third-order valence-electron chi connectivity index (χ3n) is 4.26. The van der Waals surface area contributed by atoms with Gasteiger partial charge in [-0.3, -0.25) is 0 Å². The largest absolute Gasteiger partial charge is 0.416 e. The Bertz CT molecular complexity index is 754. The molecule has 0 saturated heterocycles. The minimum atomic E-state index is -4.34. The van der Waals surface area contributed by atoms with Gasteiger partial charge in [-0.2, -0.15) is 18.2 Å². The molecule has 26 heavy (non-hydrogen) atoms. The molecule has 2 aromatic rings. The van der Waals surface area contributed by atoms with Gasteiger partial charge in [0, 0.05) is 18.4 Å². The molecule has 0 saturated carbocycles. The predicted molar refractivity (Wildman–Crippen MR) is 96.4 cm³/mol. The highest BCUT2D eigenvalue weighted by Gasteiger charge is 2.29. The summed E-state index contributed by atoms with van der Waals surface area (Å²) in [6.45, 7) is 0.794. The molecule has 0 unspecified atom stereocenters. The maximum Gasteiger partial charge on any atom is 0.416 e. The van der Waals surface area contributed by atoms with Gasteiger partial charge in [-0.1, -0.05) is 11.6 Å². The van der Waals surface area contributed by atoms with Crippen molar-refractivity contribution >= 4 is 17.5 Å². The van der Waals surface area contributed by atoms with Crippen molar-refractivity contribution < 1.29 is 13.2 Å². The Kier molecular flexibility index (Phi) is 5.75. The third kappa shape index (κ3) is 5.21. The van der Waals surface area contributed by atoms with Gasteiger partial charge < -0.3 is 10.6 Å². The minimum Gasteiger partial charge on any atom is -0.370 e. The Morgan fingerprint density at radius 1 is 1.04 bits per heavy atom. The second-order valence-corrected chi connectivity index (χ2v) is 6.25. The van der Waals surface area contributed by atoms with Crippen LogP contribution in [0.2, 0.25) is 0 Å². The van der Waals surface area contributed by atoms with Crippen LogP contribution in [-0.4, -0.2) is 16.5 Å². The Morgan fingerprint density at radius 3 is 2.54 bits per heavy atom. The molecule has 7 heteroatoms. The quantitative estimate of drug-likeness (QED) is 0.662. The van der Waals surface area contributed by atoms with E-state index < -0.39 is 11.7 Å². The molecule has 0 bridgehead atoms. The first-order chi connectivity index (χ1) is 12.5. The van der Waals surface area contributed by atoms with Crippen LogP contribution in [0.5, 0.6) is 0 Å².